The normalized spacial score (nSPS) is 21.1. The van der Waals surface area contributed by atoms with Crippen molar-refractivity contribution in [2.75, 3.05) is 37.6 Å². The number of nitrogens with zero attached hydrogens (tertiary/aromatic N) is 4. The molecule has 1 aliphatic heterocycles. The van der Waals surface area contributed by atoms with E-state index < -0.39 is 29.6 Å². The van der Waals surface area contributed by atoms with Gasteiger partial charge in [0.15, 0.2) is 0 Å². The number of halogens is 4. The van der Waals surface area contributed by atoms with Gasteiger partial charge < -0.3 is 20.2 Å². The van der Waals surface area contributed by atoms with Gasteiger partial charge in [-0.15, -0.1) is 0 Å². The van der Waals surface area contributed by atoms with Crippen LogP contribution in [0.25, 0.3) is 0 Å². The Hall–Kier alpha value is -2.79. The van der Waals surface area contributed by atoms with Crippen LogP contribution < -0.4 is 10.2 Å². The van der Waals surface area contributed by atoms with E-state index in [1.165, 1.54) is 6.33 Å². The number of fused-ring (bicyclic) bond motifs is 1. The summed E-state index contributed by atoms with van der Waals surface area (Å²) < 4.78 is 53.9. The van der Waals surface area contributed by atoms with E-state index in [4.69, 9.17) is 0 Å². The van der Waals surface area contributed by atoms with Gasteiger partial charge in [-0.05, 0) is 24.5 Å². The molecule has 2 N–H and O–H groups in total. The molecular formula is C25H31F4N5O2. The summed E-state index contributed by atoms with van der Waals surface area (Å²) >= 11 is 0. The summed E-state index contributed by atoms with van der Waals surface area (Å²) in [6, 6.07) is 2.34. The molecule has 1 unspecified atom stereocenters. The third kappa shape index (κ3) is 5.31. The molecule has 3 atom stereocenters. The van der Waals surface area contributed by atoms with Crippen molar-refractivity contribution in [1.82, 2.24) is 20.2 Å². The lowest BCUT2D eigenvalue weighted by molar-refractivity contribution is -0.137. The number of piperazine rings is 1. The van der Waals surface area contributed by atoms with Crippen molar-refractivity contribution in [3.8, 4) is 0 Å². The second-order valence-corrected chi connectivity index (χ2v) is 9.81. The maximum Gasteiger partial charge on any atom is 0.416 e. The zero-order valence-electron chi connectivity index (χ0n) is 20.5. The zero-order valence-corrected chi connectivity index (χ0v) is 20.5. The van der Waals surface area contributed by atoms with Gasteiger partial charge in [0.1, 0.15) is 18.0 Å². The first-order valence-electron chi connectivity index (χ1n) is 12.1. The number of aliphatic hydroxyl groups excluding tert-OH is 1. The Morgan fingerprint density at radius 1 is 1.19 bits per heavy atom. The number of hydrogen-bond donors (Lipinski definition) is 2. The SMILES string of the molecule is CC(C)NC[C@@H](C(=O)N1CCN(c2ncnc3c2C(C)C[C@@H]3O)CC1)c1ccc(C(F)(F)F)cc1F. The van der Waals surface area contributed by atoms with E-state index in [0.29, 0.717) is 44.4 Å². The Balaban J connectivity index is 1.51. The fourth-order valence-corrected chi connectivity index (χ4v) is 4.98. The van der Waals surface area contributed by atoms with E-state index in [2.05, 4.69) is 20.2 Å². The molecular weight excluding hydrogens is 478 g/mol. The van der Waals surface area contributed by atoms with E-state index in [0.717, 1.165) is 23.5 Å². The predicted molar refractivity (Wildman–Crippen MR) is 126 cm³/mol. The average molecular weight is 510 g/mol. The standard InChI is InChI=1S/C25H31F4N5O2/c1-14(2)30-12-18(17-5-4-16(11-19(17)26)25(27,28)29)24(36)34-8-6-33(7-9-34)23-21-15(3)10-20(35)22(21)31-13-32-23/h4-5,11,13-15,18,20,30,35H,6-10,12H2,1-3H3/t15?,18-,20+/m1/s1. The fraction of sp³-hybridized carbons (Fsp3) is 0.560. The quantitative estimate of drug-likeness (QED) is 0.580. The van der Waals surface area contributed by atoms with E-state index in [1.807, 2.05) is 20.8 Å². The van der Waals surface area contributed by atoms with E-state index in [9.17, 15) is 27.5 Å². The molecule has 1 aromatic carbocycles. The highest BCUT2D eigenvalue weighted by molar-refractivity contribution is 5.84. The lowest BCUT2D eigenvalue weighted by atomic mass is 9.94. The highest BCUT2D eigenvalue weighted by atomic mass is 19.4. The lowest BCUT2D eigenvalue weighted by Crippen LogP contribution is -2.51. The number of aromatic nitrogens is 2. The van der Waals surface area contributed by atoms with Crippen LogP contribution in [0.1, 0.15) is 67.5 Å². The summed E-state index contributed by atoms with van der Waals surface area (Å²) in [6.45, 7) is 7.56. The van der Waals surface area contributed by atoms with Crippen LogP contribution >= 0.6 is 0 Å². The van der Waals surface area contributed by atoms with Gasteiger partial charge in [0, 0.05) is 49.9 Å². The Bertz CT molecular complexity index is 1100. The molecule has 1 amide bonds. The summed E-state index contributed by atoms with van der Waals surface area (Å²) in [5.74, 6) is -1.47. The minimum absolute atomic E-state index is 0.00635. The molecule has 0 bridgehead atoms. The second-order valence-electron chi connectivity index (χ2n) is 9.81. The number of benzene rings is 1. The van der Waals surface area contributed by atoms with Crippen molar-refractivity contribution < 1.29 is 27.5 Å². The number of hydrogen-bond acceptors (Lipinski definition) is 6. The third-order valence-electron chi connectivity index (χ3n) is 6.90. The van der Waals surface area contributed by atoms with Crippen LogP contribution in [0.15, 0.2) is 24.5 Å². The molecule has 36 heavy (non-hydrogen) atoms. The Morgan fingerprint density at radius 2 is 1.89 bits per heavy atom. The first-order valence-corrected chi connectivity index (χ1v) is 12.1. The van der Waals surface area contributed by atoms with Crippen molar-refractivity contribution in [3.05, 3.63) is 52.7 Å². The molecule has 0 saturated carbocycles. The van der Waals surface area contributed by atoms with Gasteiger partial charge in [-0.2, -0.15) is 13.2 Å². The molecule has 1 fully saturated rings. The number of carbonyl (C=O) groups excluding carboxylic acids is 1. The maximum absolute atomic E-state index is 14.8. The summed E-state index contributed by atoms with van der Waals surface area (Å²) in [4.78, 5) is 25.9. The van der Waals surface area contributed by atoms with Crippen LogP contribution in [-0.2, 0) is 11.0 Å². The molecule has 2 aliphatic rings. The monoisotopic (exact) mass is 509 g/mol. The molecule has 4 rings (SSSR count). The van der Waals surface area contributed by atoms with Gasteiger partial charge in [0.25, 0.3) is 0 Å². The van der Waals surface area contributed by atoms with Gasteiger partial charge in [0.05, 0.1) is 23.3 Å². The molecule has 7 nitrogen and oxygen atoms in total. The van der Waals surface area contributed by atoms with Crippen molar-refractivity contribution in [2.45, 2.75) is 57.3 Å². The first-order chi connectivity index (χ1) is 17.0. The fourth-order valence-electron chi connectivity index (χ4n) is 4.98. The maximum atomic E-state index is 14.8. The second kappa shape index (κ2) is 10.3. The average Bonchev–Trinajstić information content (AvgIpc) is 3.12. The van der Waals surface area contributed by atoms with Gasteiger partial charge in [0.2, 0.25) is 5.91 Å². The molecule has 1 saturated heterocycles. The topological polar surface area (TPSA) is 81.6 Å². The van der Waals surface area contributed by atoms with Crippen LogP contribution in [0.5, 0.6) is 0 Å². The first kappa shape index (κ1) is 26.3. The van der Waals surface area contributed by atoms with Crippen LogP contribution in [-0.4, -0.2) is 64.6 Å². The molecule has 196 valence electrons. The van der Waals surface area contributed by atoms with E-state index in [-0.39, 0.29) is 30.0 Å². The van der Waals surface area contributed by atoms with Crippen LogP contribution in [0, 0.1) is 5.82 Å². The van der Waals surface area contributed by atoms with Gasteiger partial charge in [-0.25, -0.2) is 14.4 Å². The van der Waals surface area contributed by atoms with Crippen LogP contribution in [0.3, 0.4) is 0 Å². The van der Waals surface area contributed by atoms with Crippen LogP contribution in [0.4, 0.5) is 23.4 Å². The van der Waals surface area contributed by atoms with E-state index >= 15 is 0 Å². The van der Waals surface area contributed by atoms with Crippen molar-refractivity contribution in [1.29, 1.82) is 0 Å². The van der Waals surface area contributed by atoms with Gasteiger partial charge in [-0.1, -0.05) is 26.8 Å². The number of nitrogens with one attached hydrogen (secondary N) is 1. The Labute approximate surface area is 207 Å². The minimum atomic E-state index is -4.67. The number of alkyl halides is 3. The number of carbonyl (C=O) groups is 1. The summed E-state index contributed by atoms with van der Waals surface area (Å²) in [7, 11) is 0. The smallest absolute Gasteiger partial charge is 0.387 e. The molecule has 2 aromatic rings. The van der Waals surface area contributed by atoms with Crippen molar-refractivity contribution in [2.24, 2.45) is 0 Å². The Morgan fingerprint density at radius 3 is 2.50 bits per heavy atom. The molecule has 1 aromatic heterocycles. The molecule has 2 heterocycles. The van der Waals surface area contributed by atoms with Gasteiger partial charge in [-0.3, -0.25) is 4.79 Å². The van der Waals surface area contributed by atoms with Gasteiger partial charge >= 0.3 is 6.18 Å². The molecule has 0 radical (unpaired) electrons. The van der Waals surface area contributed by atoms with Crippen molar-refractivity contribution in [3.63, 3.8) is 0 Å². The summed E-state index contributed by atoms with van der Waals surface area (Å²) in [5.41, 5.74) is 0.427. The van der Waals surface area contributed by atoms with Crippen molar-refractivity contribution >= 4 is 11.7 Å². The van der Waals surface area contributed by atoms with E-state index in [1.54, 1.807) is 4.90 Å². The highest BCUT2D eigenvalue weighted by Crippen LogP contribution is 2.43. The summed E-state index contributed by atoms with van der Waals surface area (Å²) in [5, 5.41) is 13.4. The number of rotatable bonds is 6. The number of aliphatic hydroxyl groups is 1. The molecule has 11 heteroatoms. The molecule has 0 spiro atoms. The predicted octanol–water partition coefficient (Wildman–Crippen LogP) is 3.61. The number of anilines is 1. The number of amides is 1. The molecule has 1 aliphatic carbocycles. The van der Waals surface area contributed by atoms with Crippen LogP contribution in [0.2, 0.25) is 0 Å². The summed E-state index contributed by atoms with van der Waals surface area (Å²) in [6.07, 6.45) is -3.26. The minimum Gasteiger partial charge on any atom is -0.387 e. The third-order valence-corrected chi connectivity index (χ3v) is 6.90. The Kier molecular flexibility index (Phi) is 7.51. The lowest BCUT2D eigenvalue weighted by Gasteiger charge is -2.38. The largest absolute Gasteiger partial charge is 0.416 e. The zero-order chi connectivity index (χ0) is 26.2. The highest BCUT2D eigenvalue weighted by Gasteiger charge is 2.36.